The monoisotopic (exact) mass is 310 g/mol. The van der Waals surface area contributed by atoms with Crippen molar-refractivity contribution in [1.29, 1.82) is 0 Å². The standard InChI is InChI=1S/C17H30O3Si/c1-10-12-14(20-21(8,9)16(3,4)5)15-13(11-2)18-17(6,7)19-15/h1,11,13-15H,2,12H2,3-9H3/t13-,14-,15-/m1/s1. The molecule has 21 heavy (non-hydrogen) atoms. The van der Waals surface area contributed by atoms with Crippen molar-refractivity contribution in [3.05, 3.63) is 12.7 Å². The third kappa shape index (κ3) is 4.43. The second-order valence-electron chi connectivity index (χ2n) is 7.63. The van der Waals surface area contributed by atoms with Gasteiger partial charge in [-0.25, -0.2) is 0 Å². The van der Waals surface area contributed by atoms with Crippen molar-refractivity contribution in [3.8, 4) is 12.3 Å². The Labute approximate surface area is 131 Å². The zero-order chi connectivity index (χ0) is 16.5. The average molecular weight is 311 g/mol. The quantitative estimate of drug-likeness (QED) is 0.434. The van der Waals surface area contributed by atoms with Crippen LogP contribution < -0.4 is 0 Å². The summed E-state index contributed by atoms with van der Waals surface area (Å²) in [6.07, 6.45) is 7.27. The Morgan fingerprint density at radius 2 is 1.95 bits per heavy atom. The molecular formula is C17H30O3Si. The van der Waals surface area contributed by atoms with Gasteiger partial charge in [0.2, 0.25) is 0 Å². The molecule has 0 saturated carbocycles. The van der Waals surface area contributed by atoms with Crippen LogP contribution in [-0.2, 0) is 13.9 Å². The Morgan fingerprint density at radius 3 is 2.38 bits per heavy atom. The lowest BCUT2D eigenvalue weighted by Gasteiger charge is -2.40. The molecule has 0 aromatic carbocycles. The molecule has 1 rings (SSSR count). The molecule has 1 fully saturated rings. The highest BCUT2D eigenvalue weighted by molar-refractivity contribution is 6.74. The lowest BCUT2D eigenvalue weighted by molar-refractivity contribution is -0.152. The molecule has 3 nitrogen and oxygen atoms in total. The van der Waals surface area contributed by atoms with Gasteiger partial charge in [-0.3, -0.25) is 0 Å². The van der Waals surface area contributed by atoms with Crippen LogP contribution in [0.1, 0.15) is 41.0 Å². The lowest BCUT2D eigenvalue weighted by Crippen LogP contribution is -2.49. The summed E-state index contributed by atoms with van der Waals surface area (Å²) >= 11 is 0. The summed E-state index contributed by atoms with van der Waals surface area (Å²) in [7, 11) is -1.93. The minimum Gasteiger partial charge on any atom is -0.410 e. The summed E-state index contributed by atoms with van der Waals surface area (Å²) < 4.78 is 18.4. The predicted octanol–water partition coefficient (Wildman–Crippen LogP) is 4.11. The van der Waals surface area contributed by atoms with Crippen LogP contribution in [0.25, 0.3) is 0 Å². The molecule has 1 aliphatic heterocycles. The second kappa shape index (κ2) is 6.25. The van der Waals surface area contributed by atoms with Crippen molar-refractivity contribution >= 4 is 8.32 Å². The molecule has 1 heterocycles. The van der Waals surface area contributed by atoms with E-state index >= 15 is 0 Å². The van der Waals surface area contributed by atoms with E-state index in [0.717, 1.165) is 0 Å². The zero-order valence-corrected chi connectivity index (χ0v) is 15.5. The first-order valence-corrected chi connectivity index (χ1v) is 10.4. The summed E-state index contributed by atoms with van der Waals surface area (Å²) in [5.74, 6) is 2.09. The van der Waals surface area contributed by atoms with Gasteiger partial charge < -0.3 is 13.9 Å². The van der Waals surface area contributed by atoms with Gasteiger partial charge in [0.05, 0.1) is 6.10 Å². The summed E-state index contributed by atoms with van der Waals surface area (Å²) in [5.41, 5.74) is 0. The van der Waals surface area contributed by atoms with Crippen LogP contribution >= 0.6 is 0 Å². The normalized spacial score (nSPS) is 27.1. The Kier molecular flexibility index (Phi) is 5.49. The lowest BCUT2D eigenvalue weighted by atomic mass is 10.1. The number of hydrogen-bond acceptors (Lipinski definition) is 3. The van der Waals surface area contributed by atoms with Crippen LogP contribution in [0.3, 0.4) is 0 Å². The largest absolute Gasteiger partial charge is 0.410 e. The highest BCUT2D eigenvalue weighted by atomic mass is 28.4. The van der Waals surface area contributed by atoms with Crippen molar-refractivity contribution in [1.82, 2.24) is 0 Å². The van der Waals surface area contributed by atoms with E-state index in [1.807, 2.05) is 13.8 Å². The highest BCUT2D eigenvalue weighted by Crippen LogP contribution is 2.40. The summed E-state index contributed by atoms with van der Waals surface area (Å²) in [4.78, 5) is 0. The predicted molar refractivity (Wildman–Crippen MR) is 89.5 cm³/mol. The van der Waals surface area contributed by atoms with E-state index < -0.39 is 14.1 Å². The molecule has 0 aromatic rings. The highest BCUT2D eigenvalue weighted by Gasteiger charge is 2.47. The van der Waals surface area contributed by atoms with E-state index in [-0.39, 0.29) is 23.4 Å². The SMILES string of the molecule is C#CC[C@@H](O[Si](C)(C)C(C)(C)C)[C@@H]1OC(C)(C)O[C@@H]1C=C. The Hall–Kier alpha value is -0.603. The van der Waals surface area contributed by atoms with Crippen molar-refractivity contribution in [3.63, 3.8) is 0 Å². The third-order valence-corrected chi connectivity index (χ3v) is 8.84. The third-order valence-electron chi connectivity index (χ3n) is 4.33. The Bertz CT molecular complexity index is 415. The van der Waals surface area contributed by atoms with E-state index in [9.17, 15) is 0 Å². The van der Waals surface area contributed by atoms with Gasteiger partial charge in [-0.2, -0.15) is 0 Å². The smallest absolute Gasteiger partial charge is 0.192 e. The first-order valence-electron chi connectivity index (χ1n) is 7.53. The molecule has 1 aliphatic rings. The summed E-state index contributed by atoms with van der Waals surface area (Å²) in [6.45, 7) is 18.7. The molecule has 0 bridgehead atoms. The Balaban J connectivity index is 2.97. The topological polar surface area (TPSA) is 27.7 Å². The molecule has 0 N–H and O–H groups in total. The molecule has 0 aromatic heterocycles. The van der Waals surface area contributed by atoms with Crippen LogP contribution in [0.15, 0.2) is 12.7 Å². The second-order valence-corrected chi connectivity index (χ2v) is 12.4. The number of rotatable bonds is 5. The fourth-order valence-electron chi connectivity index (χ4n) is 2.18. The maximum Gasteiger partial charge on any atom is 0.192 e. The Morgan fingerprint density at radius 1 is 1.38 bits per heavy atom. The maximum atomic E-state index is 6.50. The van der Waals surface area contributed by atoms with Crippen LogP contribution in [0.4, 0.5) is 0 Å². The van der Waals surface area contributed by atoms with E-state index in [4.69, 9.17) is 20.3 Å². The van der Waals surface area contributed by atoms with Gasteiger partial charge in [0, 0.05) is 6.42 Å². The minimum absolute atomic E-state index is 0.124. The molecule has 4 heteroatoms. The van der Waals surface area contributed by atoms with Gasteiger partial charge in [0.1, 0.15) is 12.2 Å². The fraction of sp³-hybridized carbons (Fsp3) is 0.765. The molecule has 3 atom stereocenters. The van der Waals surface area contributed by atoms with E-state index in [1.54, 1.807) is 6.08 Å². The van der Waals surface area contributed by atoms with Gasteiger partial charge in [-0.05, 0) is 32.0 Å². The van der Waals surface area contributed by atoms with Gasteiger partial charge in [0.25, 0.3) is 0 Å². The number of ether oxygens (including phenoxy) is 2. The summed E-state index contributed by atoms with van der Waals surface area (Å²) in [5, 5.41) is 0.124. The van der Waals surface area contributed by atoms with E-state index in [0.29, 0.717) is 6.42 Å². The van der Waals surface area contributed by atoms with Crippen molar-refractivity contribution in [2.75, 3.05) is 0 Å². The fourth-order valence-corrected chi connectivity index (χ4v) is 3.51. The van der Waals surface area contributed by atoms with Gasteiger partial charge in [-0.1, -0.05) is 26.8 Å². The van der Waals surface area contributed by atoms with Crippen LogP contribution in [0, 0.1) is 12.3 Å². The zero-order valence-electron chi connectivity index (χ0n) is 14.5. The van der Waals surface area contributed by atoms with E-state index in [1.165, 1.54) is 0 Å². The molecule has 0 radical (unpaired) electrons. The summed E-state index contributed by atoms with van der Waals surface area (Å²) in [6, 6.07) is 0. The maximum absolute atomic E-state index is 6.50. The van der Waals surface area contributed by atoms with Gasteiger partial charge >= 0.3 is 0 Å². The minimum atomic E-state index is -1.93. The van der Waals surface area contributed by atoms with Crippen molar-refractivity contribution in [2.24, 2.45) is 0 Å². The number of hydrogen-bond donors (Lipinski definition) is 0. The average Bonchev–Trinajstić information content (AvgIpc) is 2.62. The van der Waals surface area contributed by atoms with Gasteiger partial charge in [0.15, 0.2) is 14.1 Å². The molecule has 0 aliphatic carbocycles. The molecule has 0 amide bonds. The molecule has 0 spiro atoms. The van der Waals surface area contributed by atoms with Crippen molar-refractivity contribution in [2.45, 2.75) is 83.3 Å². The van der Waals surface area contributed by atoms with Crippen LogP contribution in [0.2, 0.25) is 18.1 Å². The van der Waals surface area contributed by atoms with Crippen LogP contribution in [-0.4, -0.2) is 32.4 Å². The van der Waals surface area contributed by atoms with Gasteiger partial charge in [-0.15, -0.1) is 18.9 Å². The van der Waals surface area contributed by atoms with Crippen LogP contribution in [0.5, 0.6) is 0 Å². The molecular weight excluding hydrogens is 280 g/mol. The number of terminal acetylenes is 1. The molecule has 1 saturated heterocycles. The van der Waals surface area contributed by atoms with E-state index in [2.05, 4.69) is 46.4 Å². The molecule has 120 valence electrons. The first-order chi connectivity index (χ1) is 9.43. The molecule has 0 unspecified atom stereocenters. The van der Waals surface area contributed by atoms with Crippen molar-refractivity contribution < 1.29 is 13.9 Å². The first kappa shape index (κ1) is 18.4.